The van der Waals surface area contributed by atoms with Crippen molar-refractivity contribution in [2.75, 3.05) is 0 Å². The summed E-state index contributed by atoms with van der Waals surface area (Å²) in [5.41, 5.74) is 12.9. The molecule has 0 bridgehead atoms. The fraction of sp³-hybridized carbons (Fsp3) is 0.519. The van der Waals surface area contributed by atoms with Gasteiger partial charge in [0.2, 0.25) is 23.6 Å². The molecule has 214 valence electrons. The second kappa shape index (κ2) is 14.3. The van der Waals surface area contributed by atoms with Crippen molar-refractivity contribution < 1.29 is 29.1 Å². The molecule has 0 saturated heterocycles. The highest BCUT2D eigenvalue weighted by Crippen LogP contribution is 2.19. The smallest absolute Gasteiger partial charge is 0.326 e. The van der Waals surface area contributed by atoms with Crippen LogP contribution in [0.15, 0.2) is 30.5 Å². The third kappa shape index (κ3) is 9.40. The number of amides is 4. The van der Waals surface area contributed by atoms with E-state index in [4.69, 9.17) is 11.5 Å². The molecule has 1 heterocycles. The maximum Gasteiger partial charge on any atom is 0.326 e. The lowest BCUT2D eigenvalue weighted by Crippen LogP contribution is -2.58. The number of hydrogen-bond donors (Lipinski definition) is 7. The lowest BCUT2D eigenvalue weighted by molar-refractivity contribution is -0.143. The molecule has 9 N–H and O–H groups in total. The molecule has 2 aromatic rings. The fourth-order valence-electron chi connectivity index (χ4n) is 4.09. The number of carbonyl (C=O) groups excluding carboxylic acids is 4. The van der Waals surface area contributed by atoms with Crippen LogP contribution in [-0.4, -0.2) is 63.9 Å². The highest BCUT2D eigenvalue weighted by molar-refractivity contribution is 5.95. The number of aromatic amines is 1. The topological polar surface area (TPSA) is 209 Å². The number of para-hydroxylation sites is 1. The fourth-order valence-corrected chi connectivity index (χ4v) is 4.09. The normalized spacial score (nSPS) is 14.4. The Kier molecular flexibility index (Phi) is 11.5. The van der Waals surface area contributed by atoms with E-state index in [1.165, 1.54) is 0 Å². The maximum atomic E-state index is 13.5. The average Bonchev–Trinajstić information content (AvgIpc) is 3.27. The molecule has 12 heteroatoms. The van der Waals surface area contributed by atoms with E-state index >= 15 is 0 Å². The minimum atomic E-state index is -1.26. The molecule has 2 rings (SSSR count). The van der Waals surface area contributed by atoms with Gasteiger partial charge in [0.25, 0.3) is 0 Å². The molecule has 0 aliphatic heterocycles. The molecule has 0 radical (unpaired) electrons. The highest BCUT2D eigenvalue weighted by atomic mass is 16.4. The molecule has 12 nitrogen and oxygen atoms in total. The van der Waals surface area contributed by atoms with Crippen molar-refractivity contribution in [3.8, 4) is 0 Å². The van der Waals surface area contributed by atoms with Crippen LogP contribution < -0.4 is 27.4 Å². The number of carboxylic acid groups (broad SMARTS) is 1. The van der Waals surface area contributed by atoms with Crippen molar-refractivity contribution in [1.29, 1.82) is 0 Å². The van der Waals surface area contributed by atoms with Gasteiger partial charge in [-0.1, -0.05) is 45.9 Å². The molecule has 4 atom stereocenters. The number of carboxylic acids is 1. The van der Waals surface area contributed by atoms with Crippen molar-refractivity contribution in [3.63, 3.8) is 0 Å². The summed E-state index contributed by atoms with van der Waals surface area (Å²) < 4.78 is 0. The number of nitrogens with two attached hydrogens (primary N) is 2. The first kappa shape index (κ1) is 31.3. The molecule has 39 heavy (non-hydrogen) atoms. The van der Waals surface area contributed by atoms with Crippen molar-refractivity contribution in [2.24, 2.45) is 23.3 Å². The van der Waals surface area contributed by atoms with E-state index < -0.39 is 53.8 Å². The standard InChI is InChI=1S/C27H40N6O6/c1-14(2)11-21(27(38)39)33-24(35)19(9-10-22(28)34)31-25(36)20(32-26(37)23(29)15(3)4)12-16-13-30-18-8-6-5-7-17(16)18/h5-8,13-15,19-21,23,30H,9-12,29H2,1-4H3,(H2,28,34)(H,31,36)(H,32,37)(H,33,35)(H,38,39). The number of fused-ring (bicyclic) bond motifs is 1. The summed E-state index contributed by atoms with van der Waals surface area (Å²) in [5, 5.41) is 18.1. The third-order valence-corrected chi connectivity index (χ3v) is 6.39. The molecule has 0 aliphatic rings. The quantitative estimate of drug-likeness (QED) is 0.169. The minimum absolute atomic E-state index is 0.0222. The SMILES string of the molecule is CC(C)CC(NC(=O)C(CCC(N)=O)NC(=O)C(Cc1c[nH]c2ccccc12)NC(=O)C(N)C(C)C)C(=O)O. The molecule has 0 saturated carbocycles. The van der Waals surface area contributed by atoms with Gasteiger partial charge < -0.3 is 37.5 Å². The Morgan fingerprint density at radius 2 is 1.49 bits per heavy atom. The largest absolute Gasteiger partial charge is 0.480 e. The lowest BCUT2D eigenvalue weighted by Gasteiger charge is -2.26. The van der Waals surface area contributed by atoms with Crippen molar-refractivity contribution >= 4 is 40.5 Å². The van der Waals surface area contributed by atoms with E-state index in [0.29, 0.717) is 0 Å². The summed E-state index contributed by atoms with van der Waals surface area (Å²) in [6.07, 6.45) is 1.61. The number of aromatic nitrogens is 1. The summed E-state index contributed by atoms with van der Waals surface area (Å²) in [5.74, 6) is -4.12. The Bertz CT molecular complexity index is 1180. The van der Waals surface area contributed by atoms with Gasteiger partial charge in [-0.25, -0.2) is 4.79 Å². The molecular weight excluding hydrogens is 504 g/mol. The van der Waals surface area contributed by atoms with Crippen LogP contribution in [0.1, 0.15) is 52.5 Å². The summed E-state index contributed by atoms with van der Waals surface area (Å²) >= 11 is 0. The predicted molar refractivity (Wildman–Crippen MR) is 146 cm³/mol. The van der Waals surface area contributed by atoms with Crippen molar-refractivity contribution in [2.45, 2.75) is 77.5 Å². The predicted octanol–water partition coefficient (Wildman–Crippen LogP) is 0.544. The van der Waals surface area contributed by atoms with E-state index in [9.17, 15) is 29.1 Å². The highest BCUT2D eigenvalue weighted by Gasteiger charge is 2.31. The van der Waals surface area contributed by atoms with Crippen molar-refractivity contribution in [3.05, 3.63) is 36.0 Å². The number of nitrogens with one attached hydrogen (secondary N) is 4. The summed E-state index contributed by atoms with van der Waals surface area (Å²) in [6.45, 7) is 7.18. The van der Waals surface area contributed by atoms with Gasteiger partial charge in [-0.3, -0.25) is 19.2 Å². The maximum absolute atomic E-state index is 13.5. The van der Waals surface area contributed by atoms with Crippen LogP contribution in [-0.2, 0) is 30.4 Å². The third-order valence-electron chi connectivity index (χ3n) is 6.39. The van der Waals surface area contributed by atoms with Gasteiger partial charge in [0.1, 0.15) is 18.1 Å². The molecule has 4 amide bonds. The summed E-state index contributed by atoms with van der Waals surface area (Å²) in [4.78, 5) is 65.6. The van der Waals surface area contributed by atoms with Gasteiger partial charge in [0, 0.05) is 29.9 Å². The second-order valence-corrected chi connectivity index (χ2v) is 10.5. The Morgan fingerprint density at radius 1 is 0.897 bits per heavy atom. The van der Waals surface area contributed by atoms with Gasteiger partial charge in [-0.15, -0.1) is 0 Å². The molecule has 0 aliphatic carbocycles. The first-order chi connectivity index (χ1) is 18.3. The van der Waals surface area contributed by atoms with Gasteiger partial charge in [-0.05, 0) is 36.3 Å². The number of H-pyrrole nitrogens is 1. The minimum Gasteiger partial charge on any atom is -0.480 e. The van der Waals surface area contributed by atoms with Gasteiger partial charge in [0.05, 0.1) is 6.04 Å². The van der Waals surface area contributed by atoms with E-state index in [1.807, 2.05) is 38.1 Å². The van der Waals surface area contributed by atoms with E-state index in [0.717, 1.165) is 16.5 Å². The van der Waals surface area contributed by atoms with E-state index in [1.54, 1.807) is 20.0 Å². The molecule has 1 aromatic heterocycles. The van der Waals surface area contributed by atoms with Gasteiger partial charge >= 0.3 is 5.97 Å². The molecule has 1 aromatic carbocycles. The van der Waals surface area contributed by atoms with Gasteiger partial charge in [-0.2, -0.15) is 0 Å². The monoisotopic (exact) mass is 544 g/mol. The molecule has 4 unspecified atom stereocenters. The Labute approximate surface area is 227 Å². The van der Waals surface area contributed by atoms with Crippen LogP contribution in [0.25, 0.3) is 10.9 Å². The number of hydrogen-bond acceptors (Lipinski definition) is 6. The number of benzene rings is 1. The average molecular weight is 545 g/mol. The second-order valence-electron chi connectivity index (χ2n) is 10.5. The molecular formula is C27H40N6O6. The lowest BCUT2D eigenvalue weighted by atomic mass is 10.0. The summed E-state index contributed by atoms with van der Waals surface area (Å²) in [6, 6.07) is 3.03. The first-order valence-corrected chi connectivity index (χ1v) is 13.0. The number of aliphatic carboxylic acids is 1. The van der Waals surface area contributed by atoms with Crippen LogP contribution in [0.4, 0.5) is 0 Å². The molecule has 0 fully saturated rings. The summed E-state index contributed by atoms with van der Waals surface area (Å²) in [7, 11) is 0. The zero-order valence-electron chi connectivity index (χ0n) is 22.8. The Hall–Kier alpha value is -3.93. The number of primary amides is 1. The van der Waals surface area contributed by atoms with E-state index in [2.05, 4.69) is 20.9 Å². The van der Waals surface area contributed by atoms with Crippen LogP contribution in [0.3, 0.4) is 0 Å². The van der Waals surface area contributed by atoms with E-state index in [-0.39, 0.29) is 37.5 Å². The zero-order valence-corrected chi connectivity index (χ0v) is 22.8. The van der Waals surface area contributed by atoms with Crippen LogP contribution in [0, 0.1) is 11.8 Å². The number of rotatable bonds is 15. The van der Waals surface area contributed by atoms with Crippen molar-refractivity contribution in [1.82, 2.24) is 20.9 Å². The van der Waals surface area contributed by atoms with Crippen LogP contribution >= 0.6 is 0 Å². The number of carbonyl (C=O) groups is 5. The molecule has 0 spiro atoms. The Morgan fingerprint density at radius 3 is 2.08 bits per heavy atom. The first-order valence-electron chi connectivity index (χ1n) is 13.0. The van der Waals surface area contributed by atoms with Gasteiger partial charge in [0.15, 0.2) is 0 Å². The van der Waals surface area contributed by atoms with Crippen LogP contribution in [0.5, 0.6) is 0 Å². The Balaban J connectivity index is 2.32. The van der Waals surface area contributed by atoms with Crippen LogP contribution in [0.2, 0.25) is 0 Å². The zero-order chi connectivity index (χ0) is 29.3.